The maximum Gasteiger partial charge on any atom is 0.317 e. The molecule has 2 aromatic rings. The Morgan fingerprint density at radius 3 is 2.89 bits per heavy atom. The van der Waals surface area contributed by atoms with Gasteiger partial charge in [0.25, 0.3) is 5.91 Å². The van der Waals surface area contributed by atoms with Crippen molar-refractivity contribution in [1.82, 2.24) is 30.7 Å². The standard InChI is InChI=1S/C17H23N7O3/c1-11(2)16-22-14(23-27-16)10-21-15(25)12-3-4-13(20-9-12)18-5-7-24-8-6-19-17(24)26/h3-4,9,11H,5-8,10H2,1-2H3,(H,18,20)(H,19,26)(H,21,25). The van der Waals surface area contributed by atoms with Crippen LogP contribution < -0.4 is 16.0 Å². The molecule has 1 aliphatic heterocycles. The summed E-state index contributed by atoms with van der Waals surface area (Å²) in [5, 5.41) is 12.5. The minimum Gasteiger partial charge on any atom is -0.368 e. The quantitative estimate of drug-likeness (QED) is 0.629. The van der Waals surface area contributed by atoms with Gasteiger partial charge in [-0.15, -0.1) is 0 Å². The number of aromatic nitrogens is 3. The lowest BCUT2D eigenvalue weighted by Gasteiger charge is -2.14. The summed E-state index contributed by atoms with van der Waals surface area (Å²) in [6.07, 6.45) is 1.50. The van der Waals surface area contributed by atoms with Crippen LogP contribution in [0.4, 0.5) is 10.6 Å². The van der Waals surface area contributed by atoms with Gasteiger partial charge >= 0.3 is 6.03 Å². The van der Waals surface area contributed by atoms with E-state index in [1.807, 2.05) is 13.8 Å². The van der Waals surface area contributed by atoms with Crippen molar-refractivity contribution in [2.75, 3.05) is 31.5 Å². The number of pyridine rings is 1. The molecule has 2 aromatic heterocycles. The highest BCUT2D eigenvalue weighted by Gasteiger charge is 2.18. The normalized spacial score (nSPS) is 13.7. The minimum absolute atomic E-state index is 0.0427. The van der Waals surface area contributed by atoms with Crippen molar-refractivity contribution >= 4 is 17.8 Å². The molecule has 3 rings (SSSR count). The average Bonchev–Trinajstić information content (AvgIpc) is 3.30. The van der Waals surface area contributed by atoms with Crippen LogP contribution in [-0.2, 0) is 6.54 Å². The molecule has 0 radical (unpaired) electrons. The summed E-state index contributed by atoms with van der Waals surface area (Å²) in [5.41, 5.74) is 0.437. The van der Waals surface area contributed by atoms with Crippen LogP contribution in [0.15, 0.2) is 22.9 Å². The Kier molecular flexibility index (Phi) is 5.84. The largest absolute Gasteiger partial charge is 0.368 e. The Balaban J connectivity index is 1.44. The van der Waals surface area contributed by atoms with Crippen LogP contribution in [0.1, 0.15) is 41.8 Å². The van der Waals surface area contributed by atoms with Crippen molar-refractivity contribution in [3.8, 4) is 0 Å². The zero-order valence-electron chi connectivity index (χ0n) is 15.4. The molecule has 1 fully saturated rings. The van der Waals surface area contributed by atoms with Gasteiger partial charge in [-0.05, 0) is 12.1 Å². The van der Waals surface area contributed by atoms with Gasteiger partial charge in [-0.3, -0.25) is 4.79 Å². The predicted molar refractivity (Wildman–Crippen MR) is 97.3 cm³/mol. The first-order chi connectivity index (χ1) is 13.0. The number of carbonyl (C=O) groups excluding carboxylic acids is 2. The molecule has 144 valence electrons. The van der Waals surface area contributed by atoms with Gasteiger partial charge in [-0.1, -0.05) is 19.0 Å². The van der Waals surface area contributed by atoms with E-state index in [2.05, 4.69) is 31.1 Å². The molecule has 10 nitrogen and oxygen atoms in total. The van der Waals surface area contributed by atoms with Gasteiger partial charge in [-0.2, -0.15) is 4.98 Å². The van der Waals surface area contributed by atoms with Crippen molar-refractivity contribution in [3.63, 3.8) is 0 Å². The van der Waals surface area contributed by atoms with E-state index < -0.39 is 0 Å². The third kappa shape index (κ3) is 4.93. The van der Waals surface area contributed by atoms with Gasteiger partial charge in [0.05, 0.1) is 12.1 Å². The molecule has 0 saturated carbocycles. The molecule has 0 aliphatic carbocycles. The van der Waals surface area contributed by atoms with Crippen molar-refractivity contribution in [3.05, 3.63) is 35.6 Å². The molecule has 3 heterocycles. The number of nitrogens with zero attached hydrogens (tertiary/aromatic N) is 4. The highest BCUT2D eigenvalue weighted by Crippen LogP contribution is 2.11. The first-order valence-corrected chi connectivity index (χ1v) is 8.86. The molecule has 0 bridgehead atoms. The number of carbonyl (C=O) groups is 2. The summed E-state index contributed by atoms with van der Waals surface area (Å²) in [6, 6.07) is 3.37. The topological polar surface area (TPSA) is 125 Å². The second-order valence-electron chi connectivity index (χ2n) is 6.46. The molecule has 3 N–H and O–H groups in total. The van der Waals surface area contributed by atoms with Crippen molar-refractivity contribution < 1.29 is 14.1 Å². The summed E-state index contributed by atoms with van der Waals surface area (Å²) in [5.74, 6) is 1.50. The Morgan fingerprint density at radius 1 is 1.41 bits per heavy atom. The zero-order chi connectivity index (χ0) is 19.2. The number of hydrogen-bond acceptors (Lipinski definition) is 7. The second kappa shape index (κ2) is 8.47. The lowest BCUT2D eigenvalue weighted by atomic mass is 10.2. The Bertz CT molecular complexity index is 788. The van der Waals surface area contributed by atoms with E-state index in [1.54, 1.807) is 17.0 Å². The summed E-state index contributed by atoms with van der Waals surface area (Å²) in [6.45, 7) is 6.68. The maximum absolute atomic E-state index is 12.2. The van der Waals surface area contributed by atoms with Gasteiger partial charge < -0.3 is 25.4 Å². The van der Waals surface area contributed by atoms with Crippen LogP contribution in [0, 0.1) is 0 Å². The molecule has 0 unspecified atom stereocenters. The van der Waals surface area contributed by atoms with E-state index in [0.29, 0.717) is 49.3 Å². The fourth-order valence-corrected chi connectivity index (χ4v) is 2.51. The smallest absolute Gasteiger partial charge is 0.317 e. The van der Waals surface area contributed by atoms with Gasteiger partial charge in [-0.25, -0.2) is 9.78 Å². The predicted octanol–water partition coefficient (Wildman–Crippen LogP) is 0.955. The highest BCUT2D eigenvalue weighted by molar-refractivity contribution is 5.93. The molecule has 10 heteroatoms. The van der Waals surface area contributed by atoms with Gasteiger partial charge in [0.1, 0.15) is 5.82 Å². The van der Waals surface area contributed by atoms with Crippen LogP contribution in [0.25, 0.3) is 0 Å². The molecule has 0 spiro atoms. The van der Waals surface area contributed by atoms with E-state index >= 15 is 0 Å². The van der Waals surface area contributed by atoms with Crippen LogP contribution >= 0.6 is 0 Å². The van der Waals surface area contributed by atoms with Crippen LogP contribution in [0.2, 0.25) is 0 Å². The monoisotopic (exact) mass is 373 g/mol. The Morgan fingerprint density at radius 2 is 2.26 bits per heavy atom. The SMILES string of the molecule is CC(C)c1nc(CNC(=O)c2ccc(NCCN3CCNC3=O)nc2)no1. The number of rotatable bonds is 8. The first-order valence-electron chi connectivity index (χ1n) is 8.86. The number of amides is 3. The molecule has 0 aromatic carbocycles. The number of anilines is 1. The van der Waals surface area contributed by atoms with Crippen LogP contribution in [0.5, 0.6) is 0 Å². The minimum atomic E-state index is -0.265. The summed E-state index contributed by atoms with van der Waals surface area (Å²) >= 11 is 0. The van der Waals surface area contributed by atoms with Crippen LogP contribution in [0.3, 0.4) is 0 Å². The summed E-state index contributed by atoms with van der Waals surface area (Å²) < 4.78 is 5.10. The Labute approximate surface area is 156 Å². The third-order valence-electron chi connectivity index (χ3n) is 4.04. The van der Waals surface area contributed by atoms with E-state index in [0.717, 1.165) is 0 Å². The third-order valence-corrected chi connectivity index (χ3v) is 4.04. The summed E-state index contributed by atoms with van der Waals surface area (Å²) in [4.78, 5) is 33.8. The molecule has 27 heavy (non-hydrogen) atoms. The highest BCUT2D eigenvalue weighted by atomic mass is 16.5. The van der Waals surface area contributed by atoms with E-state index in [1.165, 1.54) is 6.20 Å². The molecule has 0 atom stereocenters. The maximum atomic E-state index is 12.2. The van der Waals surface area contributed by atoms with Crippen molar-refractivity contribution in [2.45, 2.75) is 26.3 Å². The second-order valence-corrected chi connectivity index (χ2v) is 6.46. The molecule has 1 saturated heterocycles. The van der Waals surface area contributed by atoms with E-state index in [9.17, 15) is 9.59 Å². The van der Waals surface area contributed by atoms with Gasteiger partial charge in [0.15, 0.2) is 5.82 Å². The van der Waals surface area contributed by atoms with E-state index in [4.69, 9.17) is 4.52 Å². The molecular weight excluding hydrogens is 350 g/mol. The lowest BCUT2D eigenvalue weighted by Crippen LogP contribution is -2.32. The fraction of sp³-hybridized carbons (Fsp3) is 0.471. The fourth-order valence-electron chi connectivity index (χ4n) is 2.51. The molecule has 3 amide bonds. The van der Waals surface area contributed by atoms with E-state index in [-0.39, 0.29) is 24.4 Å². The van der Waals surface area contributed by atoms with Gasteiger partial charge in [0.2, 0.25) is 5.89 Å². The van der Waals surface area contributed by atoms with Crippen molar-refractivity contribution in [2.24, 2.45) is 0 Å². The summed E-state index contributed by atoms with van der Waals surface area (Å²) in [7, 11) is 0. The first kappa shape index (κ1) is 18.6. The molecular formula is C17H23N7O3. The Hall–Kier alpha value is -3.17. The van der Waals surface area contributed by atoms with Crippen LogP contribution in [-0.4, -0.2) is 58.1 Å². The van der Waals surface area contributed by atoms with Crippen molar-refractivity contribution in [1.29, 1.82) is 0 Å². The number of hydrogen-bond donors (Lipinski definition) is 3. The lowest BCUT2D eigenvalue weighted by molar-refractivity contribution is 0.0949. The molecule has 1 aliphatic rings. The number of urea groups is 1. The van der Waals surface area contributed by atoms with Gasteiger partial charge in [0, 0.05) is 38.3 Å². The number of nitrogens with one attached hydrogen (secondary N) is 3. The average molecular weight is 373 g/mol. The zero-order valence-corrected chi connectivity index (χ0v) is 15.4.